The maximum Gasteiger partial charge on any atom is 0.0704 e. The molecule has 1 heterocycles. The minimum atomic E-state index is 0.417. The largest absolute Gasteiger partial charge is 0.373 e. The Bertz CT molecular complexity index is 418. The molecule has 88 valence electrons. The van der Waals surface area contributed by atoms with Crippen molar-refractivity contribution in [2.45, 2.75) is 18.9 Å². The van der Waals surface area contributed by atoms with E-state index in [1.54, 1.807) is 0 Å². The number of benzene rings is 1. The Morgan fingerprint density at radius 2 is 2.00 bits per heavy atom. The molecule has 1 heteroatoms. The van der Waals surface area contributed by atoms with Crippen LogP contribution in [0.5, 0.6) is 0 Å². The van der Waals surface area contributed by atoms with Crippen molar-refractivity contribution in [1.82, 2.24) is 0 Å². The average Bonchev–Trinajstić information content (AvgIpc) is 2.81. The second-order valence-electron chi connectivity index (χ2n) is 4.90. The fraction of sp³-hybridized carbons (Fsp3) is 0.375. The molecule has 0 bridgehead atoms. The summed E-state index contributed by atoms with van der Waals surface area (Å²) in [5.41, 5.74) is 1.28. The zero-order chi connectivity index (χ0) is 11.5. The van der Waals surface area contributed by atoms with E-state index in [-0.39, 0.29) is 0 Å². The van der Waals surface area contributed by atoms with E-state index in [4.69, 9.17) is 4.74 Å². The summed E-state index contributed by atoms with van der Waals surface area (Å²) in [7, 11) is 0. The molecule has 1 aliphatic heterocycles. The van der Waals surface area contributed by atoms with Gasteiger partial charge in [-0.15, -0.1) is 0 Å². The van der Waals surface area contributed by atoms with Crippen LogP contribution >= 0.6 is 0 Å². The molecule has 0 unspecified atom stereocenters. The van der Waals surface area contributed by atoms with Crippen LogP contribution in [0.4, 0.5) is 0 Å². The highest BCUT2D eigenvalue weighted by molar-refractivity contribution is 5.49. The fourth-order valence-electron chi connectivity index (χ4n) is 2.89. The third kappa shape index (κ3) is 2.34. The summed E-state index contributed by atoms with van der Waals surface area (Å²) in [5.74, 6) is 1.24. The Hall–Kier alpha value is -1.34. The van der Waals surface area contributed by atoms with Crippen molar-refractivity contribution in [1.29, 1.82) is 0 Å². The van der Waals surface area contributed by atoms with Crippen LogP contribution in [-0.2, 0) is 4.74 Å². The first-order chi connectivity index (χ1) is 8.43. The second-order valence-corrected chi connectivity index (χ2v) is 4.90. The van der Waals surface area contributed by atoms with Crippen LogP contribution in [0.1, 0.15) is 18.4 Å². The SMILES string of the molecule is C1=C[C@H]2CC[C@@H](/C=C/c3ccccc3)[C@@H]2OC1. The van der Waals surface area contributed by atoms with Crippen molar-refractivity contribution in [2.75, 3.05) is 6.61 Å². The molecule has 1 fully saturated rings. The quantitative estimate of drug-likeness (QED) is 0.699. The van der Waals surface area contributed by atoms with Crippen molar-refractivity contribution in [3.63, 3.8) is 0 Å². The lowest BCUT2D eigenvalue weighted by Gasteiger charge is -2.24. The van der Waals surface area contributed by atoms with Gasteiger partial charge >= 0.3 is 0 Å². The monoisotopic (exact) mass is 226 g/mol. The average molecular weight is 226 g/mol. The van der Waals surface area contributed by atoms with Gasteiger partial charge < -0.3 is 4.74 Å². The lowest BCUT2D eigenvalue weighted by Crippen LogP contribution is -2.25. The third-order valence-electron chi connectivity index (χ3n) is 3.78. The molecule has 0 N–H and O–H groups in total. The van der Waals surface area contributed by atoms with Crippen molar-refractivity contribution >= 4 is 6.08 Å². The summed E-state index contributed by atoms with van der Waals surface area (Å²) < 4.78 is 5.86. The topological polar surface area (TPSA) is 9.23 Å². The molecule has 0 amide bonds. The van der Waals surface area contributed by atoms with Crippen LogP contribution in [0.2, 0.25) is 0 Å². The molecular weight excluding hydrogens is 208 g/mol. The van der Waals surface area contributed by atoms with E-state index in [1.165, 1.54) is 18.4 Å². The Morgan fingerprint density at radius 3 is 2.88 bits per heavy atom. The minimum Gasteiger partial charge on any atom is -0.373 e. The van der Waals surface area contributed by atoms with Gasteiger partial charge in [0.2, 0.25) is 0 Å². The summed E-state index contributed by atoms with van der Waals surface area (Å²) in [6.07, 6.45) is 12.0. The first kappa shape index (κ1) is 10.8. The van der Waals surface area contributed by atoms with Gasteiger partial charge in [-0.05, 0) is 18.4 Å². The molecule has 1 aromatic carbocycles. The molecule has 2 aliphatic rings. The van der Waals surface area contributed by atoms with E-state index in [2.05, 4.69) is 54.6 Å². The zero-order valence-corrected chi connectivity index (χ0v) is 9.96. The smallest absolute Gasteiger partial charge is 0.0704 e. The van der Waals surface area contributed by atoms with Crippen molar-refractivity contribution in [2.24, 2.45) is 11.8 Å². The van der Waals surface area contributed by atoms with Gasteiger partial charge in [0.15, 0.2) is 0 Å². The molecule has 0 spiro atoms. The van der Waals surface area contributed by atoms with Gasteiger partial charge in [0, 0.05) is 11.8 Å². The van der Waals surface area contributed by atoms with E-state index in [9.17, 15) is 0 Å². The normalized spacial score (nSPS) is 31.9. The van der Waals surface area contributed by atoms with Crippen LogP contribution in [0, 0.1) is 11.8 Å². The molecular formula is C16H18O. The highest BCUT2D eigenvalue weighted by Crippen LogP contribution is 2.37. The fourth-order valence-corrected chi connectivity index (χ4v) is 2.89. The van der Waals surface area contributed by atoms with Crippen molar-refractivity contribution < 1.29 is 4.74 Å². The van der Waals surface area contributed by atoms with Gasteiger partial charge in [-0.2, -0.15) is 0 Å². The van der Waals surface area contributed by atoms with Gasteiger partial charge in [-0.1, -0.05) is 54.6 Å². The summed E-state index contributed by atoms with van der Waals surface area (Å²) in [4.78, 5) is 0. The van der Waals surface area contributed by atoms with Crippen LogP contribution in [0.15, 0.2) is 48.6 Å². The standard InChI is InChI=1S/C16H18O/c1-2-5-13(6-3-1)8-9-15-11-10-14-7-4-12-17-16(14)15/h1-9,14-16H,10-12H2/b9-8+/t14-,15+,16+/m0/s1. The van der Waals surface area contributed by atoms with E-state index in [1.807, 2.05) is 0 Å². The predicted octanol–water partition coefficient (Wildman–Crippen LogP) is 3.68. The first-order valence-electron chi connectivity index (χ1n) is 6.45. The predicted molar refractivity (Wildman–Crippen MR) is 70.6 cm³/mol. The van der Waals surface area contributed by atoms with E-state index in [0.29, 0.717) is 17.9 Å². The van der Waals surface area contributed by atoms with Crippen molar-refractivity contribution in [3.8, 4) is 0 Å². The van der Waals surface area contributed by atoms with E-state index in [0.717, 1.165) is 6.61 Å². The molecule has 0 aromatic heterocycles. The number of rotatable bonds is 2. The Kier molecular flexibility index (Phi) is 3.10. The van der Waals surface area contributed by atoms with E-state index < -0.39 is 0 Å². The number of fused-ring (bicyclic) bond motifs is 1. The summed E-state index contributed by atoms with van der Waals surface area (Å²) in [6.45, 7) is 0.789. The molecule has 0 radical (unpaired) electrons. The van der Waals surface area contributed by atoms with Gasteiger partial charge in [0.05, 0.1) is 12.7 Å². The Morgan fingerprint density at radius 1 is 1.12 bits per heavy atom. The number of hydrogen-bond donors (Lipinski definition) is 0. The highest BCUT2D eigenvalue weighted by atomic mass is 16.5. The molecule has 3 atom stereocenters. The van der Waals surface area contributed by atoms with Crippen LogP contribution < -0.4 is 0 Å². The molecule has 17 heavy (non-hydrogen) atoms. The lowest BCUT2D eigenvalue weighted by atomic mass is 9.97. The summed E-state index contributed by atoms with van der Waals surface area (Å²) >= 11 is 0. The van der Waals surface area contributed by atoms with E-state index >= 15 is 0 Å². The summed E-state index contributed by atoms with van der Waals surface area (Å²) in [5, 5.41) is 0. The van der Waals surface area contributed by atoms with Crippen LogP contribution in [-0.4, -0.2) is 12.7 Å². The lowest BCUT2D eigenvalue weighted by molar-refractivity contribution is 0.0306. The first-order valence-corrected chi connectivity index (χ1v) is 6.45. The van der Waals surface area contributed by atoms with Crippen molar-refractivity contribution in [3.05, 3.63) is 54.1 Å². The second kappa shape index (κ2) is 4.89. The third-order valence-corrected chi connectivity index (χ3v) is 3.78. The van der Waals surface area contributed by atoms with Crippen LogP contribution in [0.25, 0.3) is 6.08 Å². The number of hydrogen-bond acceptors (Lipinski definition) is 1. The summed E-state index contributed by atoms with van der Waals surface area (Å²) in [6, 6.07) is 10.5. The van der Waals surface area contributed by atoms with Gasteiger partial charge in [-0.25, -0.2) is 0 Å². The maximum atomic E-state index is 5.86. The molecule has 3 rings (SSSR count). The molecule has 1 aromatic rings. The molecule has 1 aliphatic carbocycles. The van der Waals surface area contributed by atoms with Crippen LogP contribution in [0.3, 0.4) is 0 Å². The molecule has 0 saturated heterocycles. The molecule has 1 saturated carbocycles. The van der Waals surface area contributed by atoms with Gasteiger partial charge in [0.25, 0.3) is 0 Å². The Balaban J connectivity index is 1.70. The zero-order valence-electron chi connectivity index (χ0n) is 9.96. The van der Waals surface area contributed by atoms with Gasteiger partial charge in [0.1, 0.15) is 0 Å². The molecule has 1 nitrogen and oxygen atoms in total. The maximum absolute atomic E-state index is 5.86. The van der Waals surface area contributed by atoms with Gasteiger partial charge in [-0.3, -0.25) is 0 Å². The number of ether oxygens (including phenoxy) is 1. The highest BCUT2D eigenvalue weighted by Gasteiger charge is 2.35. The Labute approximate surface area is 103 Å². The minimum absolute atomic E-state index is 0.417.